The fraction of sp³-hybridized carbons (Fsp3) is 0.667. The molecular weight excluding hydrogens is 190 g/mol. The zero-order valence-electron chi connectivity index (χ0n) is 9.34. The number of hydrogen-bond acceptors (Lipinski definition) is 3. The van der Waals surface area contributed by atoms with Crippen molar-refractivity contribution >= 4 is 12.2 Å². The molecule has 0 rings (SSSR count). The van der Waals surface area contributed by atoms with Crippen molar-refractivity contribution in [3.8, 4) is 0 Å². The first-order chi connectivity index (χ1) is 7.31. The van der Waals surface area contributed by atoms with Gasteiger partial charge in [-0.05, 0) is 25.5 Å². The summed E-state index contributed by atoms with van der Waals surface area (Å²) in [6.07, 6.45) is 10.7. The number of ether oxygens (including phenoxy) is 1. The van der Waals surface area contributed by atoms with Gasteiger partial charge in [0.25, 0.3) is 0 Å². The largest absolute Gasteiger partial charge is 0.435 e. The van der Waals surface area contributed by atoms with Crippen LogP contribution in [0.2, 0.25) is 0 Å². The summed E-state index contributed by atoms with van der Waals surface area (Å²) >= 11 is 0. The highest BCUT2D eigenvalue weighted by molar-refractivity contribution is 5.69. The van der Waals surface area contributed by atoms with Crippen molar-refractivity contribution in [2.75, 3.05) is 0 Å². The van der Waals surface area contributed by atoms with Gasteiger partial charge in [0, 0.05) is 6.42 Å². The van der Waals surface area contributed by atoms with E-state index >= 15 is 0 Å². The Morgan fingerprint density at radius 1 is 1.13 bits per heavy atom. The third-order valence-electron chi connectivity index (χ3n) is 2.19. The van der Waals surface area contributed by atoms with Gasteiger partial charge >= 0.3 is 5.97 Å². The molecule has 0 radical (unpaired) electrons. The molecule has 1 N–H and O–H groups in total. The Labute approximate surface area is 92.0 Å². The zero-order valence-corrected chi connectivity index (χ0v) is 9.34. The van der Waals surface area contributed by atoms with Gasteiger partial charge in [-0.3, -0.25) is 4.79 Å². The minimum Gasteiger partial charge on any atom is -0.435 e. The molecule has 0 saturated heterocycles. The predicted molar refractivity (Wildman–Crippen MR) is 62.0 cm³/mol. The monoisotopic (exact) mass is 211 g/mol. The van der Waals surface area contributed by atoms with Crippen molar-refractivity contribution in [2.24, 2.45) is 0 Å². The fourth-order valence-corrected chi connectivity index (χ4v) is 1.37. The van der Waals surface area contributed by atoms with Crippen LogP contribution in [0.4, 0.5) is 0 Å². The van der Waals surface area contributed by atoms with Crippen LogP contribution in [0, 0.1) is 5.41 Å². The van der Waals surface area contributed by atoms with Crippen LogP contribution in [-0.2, 0) is 9.53 Å². The molecular formula is C12H21NO2. The molecule has 3 heteroatoms. The van der Waals surface area contributed by atoms with Crippen LogP contribution in [-0.4, -0.2) is 12.2 Å². The Hall–Kier alpha value is -1.12. The Bertz CT molecular complexity index is 190. The third-order valence-corrected chi connectivity index (χ3v) is 2.19. The first-order valence-corrected chi connectivity index (χ1v) is 5.60. The minimum atomic E-state index is -0.186. The first-order valence-electron chi connectivity index (χ1n) is 5.60. The molecule has 0 aromatic rings. The summed E-state index contributed by atoms with van der Waals surface area (Å²) in [6, 6.07) is 0. The number of carbonyl (C=O) groups is 1. The summed E-state index contributed by atoms with van der Waals surface area (Å²) in [5.41, 5.74) is 0. The van der Waals surface area contributed by atoms with Crippen molar-refractivity contribution < 1.29 is 9.53 Å². The highest BCUT2D eigenvalue weighted by Crippen LogP contribution is 2.08. The molecule has 0 saturated carbocycles. The van der Waals surface area contributed by atoms with Crippen molar-refractivity contribution in [3.63, 3.8) is 0 Å². The van der Waals surface area contributed by atoms with Crippen LogP contribution in [0.3, 0.4) is 0 Å². The third kappa shape index (κ3) is 10.8. The van der Waals surface area contributed by atoms with E-state index < -0.39 is 0 Å². The number of hydrogen-bond donors (Lipinski definition) is 1. The topological polar surface area (TPSA) is 50.2 Å². The number of esters is 1. The first kappa shape index (κ1) is 13.9. The smallest absolute Gasteiger partial charge is 0.310 e. The molecule has 0 unspecified atom stereocenters. The van der Waals surface area contributed by atoms with E-state index in [1.54, 1.807) is 0 Å². The number of rotatable bonds is 10. The van der Waals surface area contributed by atoms with Crippen LogP contribution in [0.25, 0.3) is 0 Å². The molecule has 0 aliphatic carbocycles. The lowest BCUT2D eigenvalue weighted by atomic mass is 10.1. The van der Waals surface area contributed by atoms with E-state index in [1.807, 2.05) is 0 Å². The summed E-state index contributed by atoms with van der Waals surface area (Å²) in [5, 5.41) is 6.85. The summed E-state index contributed by atoms with van der Waals surface area (Å²) in [4.78, 5) is 10.9. The van der Waals surface area contributed by atoms with Crippen LogP contribution in [0.15, 0.2) is 12.8 Å². The normalized spacial score (nSPS) is 9.60. The van der Waals surface area contributed by atoms with E-state index in [2.05, 4.69) is 11.3 Å². The van der Waals surface area contributed by atoms with Gasteiger partial charge in [-0.1, -0.05) is 32.3 Å². The van der Waals surface area contributed by atoms with Crippen LogP contribution in [0.1, 0.15) is 51.4 Å². The molecule has 3 nitrogen and oxygen atoms in total. The predicted octanol–water partition coefficient (Wildman–Crippen LogP) is 3.44. The second-order valence-electron chi connectivity index (χ2n) is 3.52. The standard InChI is InChI=1S/C12H21NO2/c1-2-15-12(14)10-8-6-4-3-5-7-9-11-13/h2,11,13H,1,3-10H2. The molecule has 15 heavy (non-hydrogen) atoms. The average molecular weight is 211 g/mol. The van der Waals surface area contributed by atoms with Gasteiger partial charge in [0.2, 0.25) is 0 Å². The second-order valence-corrected chi connectivity index (χ2v) is 3.52. The summed E-state index contributed by atoms with van der Waals surface area (Å²) < 4.78 is 4.60. The quantitative estimate of drug-likeness (QED) is 0.260. The summed E-state index contributed by atoms with van der Waals surface area (Å²) in [5.74, 6) is -0.186. The Kier molecular flexibility index (Phi) is 10.1. The van der Waals surface area contributed by atoms with Crippen LogP contribution in [0.5, 0.6) is 0 Å². The molecule has 0 heterocycles. The van der Waals surface area contributed by atoms with Crippen molar-refractivity contribution in [3.05, 3.63) is 12.8 Å². The lowest BCUT2D eigenvalue weighted by molar-refractivity contribution is -0.138. The van der Waals surface area contributed by atoms with E-state index in [1.165, 1.54) is 31.7 Å². The van der Waals surface area contributed by atoms with E-state index in [0.29, 0.717) is 6.42 Å². The lowest BCUT2D eigenvalue weighted by Gasteiger charge is -2.00. The van der Waals surface area contributed by atoms with Crippen LogP contribution >= 0.6 is 0 Å². The molecule has 0 spiro atoms. The molecule has 0 fully saturated rings. The second kappa shape index (κ2) is 11.0. The summed E-state index contributed by atoms with van der Waals surface area (Å²) in [7, 11) is 0. The maximum absolute atomic E-state index is 10.9. The SMILES string of the molecule is C=COC(=O)CCCCCCCCC=N. The molecule has 0 amide bonds. The molecule has 86 valence electrons. The van der Waals surface area contributed by atoms with E-state index in [9.17, 15) is 4.79 Å². The molecule has 0 aromatic heterocycles. The van der Waals surface area contributed by atoms with Gasteiger partial charge in [0.1, 0.15) is 0 Å². The van der Waals surface area contributed by atoms with E-state index in [-0.39, 0.29) is 5.97 Å². The van der Waals surface area contributed by atoms with Gasteiger partial charge in [-0.15, -0.1) is 0 Å². The fourth-order valence-electron chi connectivity index (χ4n) is 1.37. The Morgan fingerprint density at radius 3 is 2.33 bits per heavy atom. The van der Waals surface area contributed by atoms with Gasteiger partial charge < -0.3 is 10.1 Å². The lowest BCUT2D eigenvalue weighted by Crippen LogP contribution is -1.98. The molecule has 0 bridgehead atoms. The maximum atomic E-state index is 10.9. The zero-order chi connectivity index (χ0) is 11.4. The molecule has 0 aliphatic rings. The number of unbranched alkanes of at least 4 members (excludes halogenated alkanes) is 6. The summed E-state index contributed by atoms with van der Waals surface area (Å²) in [6.45, 7) is 3.33. The van der Waals surface area contributed by atoms with Gasteiger partial charge in [0.15, 0.2) is 0 Å². The van der Waals surface area contributed by atoms with Gasteiger partial charge in [0.05, 0.1) is 6.26 Å². The van der Waals surface area contributed by atoms with E-state index in [0.717, 1.165) is 25.7 Å². The highest BCUT2D eigenvalue weighted by Gasteiger charge is 1.99. The minimum absolute atomic E-state index is 0.186. The van der Waals surface area contributed by atoms with Gasteiger partial charge in [-0.2, -0.15) is 0 Å². The van der Waals surface area contributed by atoms with Gasteiger partial charge in [-0.25, -0.2) is 0 Å². The van der Waals surface area contributed by atoms with E-state index in [4.69, 9.17) is 5.41 Å². The molecule has 0 aromatic carbocycles. The Balaban J connectivity index is 3.07. The number of carbonyl (C=O) groups excluding carboxylic acids is 1. The highest BCUT2D eigenvalue weighted by atomic mass is 16.5. The van der Waals surface area contributed by atoms with Crippen molar-refractivity contribution in [1.29, 1.82) is 5.41 Å². The Morgan fingerprint density at radius 2 is 1.73 bits per heavy atom. The number of nitrogens with one attached hydrogen (secondary N) is 1. The maximum Gasteiger partial charge on any atom is 0.310 e. The molecule has 0 aliphatic heterocycles. The van der Waals surface area contributed by atoms with Crippen molar-refractivity contribution in [1.82, 2.24) is 0 Å². The van der Waals surface area contributed by atoms with Crippen molar-refractivity contribution in [2.45, 2.75) is 51.4 Å². The van der Waals surface area contributed by atoms with Crippen LogP contribution < -0.4 is 0 Å². The average Bonchev–Trinajstić information content (AvgIpc) is 2.22. The molecule has 0 atom stereocenters.